The van der Waals surface area contributed by atoms with Crippen molar-refractivity contribution in [3.05, 3.63) is 18.2 Å². The van der Waals surface area contributed by atoms with E-state index < -0.39 is 25.4 Å². The van der Waals surface area contributed by atoms with Crippen molar-refractivity contribution in [2.45, 2.75) is 25.5 Å². The largest absolute Gasteiger partial charge is 0.489 e. The van der Waals surface area contributed by atoms with Crippen LogP contribution in [0.25, 0.3) is 0 Å². The minimum absolute atomic E-state index is 0.0177. The van der Waals surface area contributed by atoms with Crippen LogP contribution in [0.5, 0.6) is 5.75 Å². The first kappa shape index (κ1) is 15.6. The molecule has 6 nitrogen and oxygen atoms in total. The van der Waals surface area contributed by atoms with E-state index in [1.54, 1.807) is 18.2 Å². The standard InChI is InChI=1S/C13H22N2O4/c1-9(2)19-11-5-3-4-10(12(11)14)15-13(6-16,7-17)8-18/h3-5,9,15-18H,6-8,14H2,1-2H3. The molecule has 0 bridgehead atoms. The molecule has 0 aliphatic rings. The van der Waals surface area contributed by atoms with Gasteiger partial charge in [-0.25, -0.2) is 0 Å². The topological polar surface area (TPSA) is 108 Å². The summed E-state index contributed by atoms with van der Waals surface area (Å²) in [7, 11) is 0. The first-order valence-electron chi connectivity index (χ1n) is 6.14. The Morgan fingerprint density at radius 3 is 2.26 bits per heavy atom. The monoisotopic (exact) mass is 270 g/mol. The molecule has 19 heavy (non-hydrogen) atoms. The molecule has 0 amide bonds. The van der Waals surface area contributed by atoms with Crippen LogP contribution in [-0.2, 0) is 0 Å². The van der Waals surface area contributed by atoms with Gasteiger partial charge in [-0.1, -0.05) is 6.07 Å². The van der Waals surface area contributed by atoms with Gasteiger partial charge >= 0.3 is 0 Å². The number of nitrogens with two attached hydrogens (primary N) is 1. The molecule has 0 aromatic heterocycles. The van der Waals surface area contributed by atoms with Crippen molar-refractivity contribution in [2.75, 3.05) is 30.9 Å². The predicted molar refractivity (Wildman–Crippen MR) is 74.2 cm³/mol. The Labute approximate surface area is 112 Å². The highest BCUT2D eigenvalue weighted by Crippen LogP contribution is 2.31. The summed E-state index contributed by atoms with van der Waals surface area (Å²) < 4.78 is 5.55. The van der Waals surface area contributed by atoms with Gasteiger partial charge in [0.1, 0.15) is 11.3 Å². The van der Waals surface area contributed by atoms with Crippen molar-refractivity contribution < 1.29 is 20.1 Å². The quantitative estimate of drug-likeness (QED) is 0.452. The van der Waals surface area contributed by atoms with Crippen LogP contribution in [0.2, 0.25) is 0 Å². The highest BCUT2D eigenvalue weighted by molar-refractivity contribution is 5.73. The van der Waals surface area contributed by atoms with Gasteiger partial charge in [0, 0.05) is 0 Å². The minimum Gasteiger partial charge on any atom is -0.489 e. The number of anilines is 2. The van der Waals surface area contributed by atoms with Crippen LogP contribution in [0, 0.1) is 0 Å². The average Bonchev–Trinajstić information content (AvgIpc) is 2.40. The Kier molecular flexibility index (Phi) is 5.41. The van der Waals surface area contributed by atoms with Crippen molar-refractivity contribution in [2.24, 2.45) is 0 Å². The van der Waals surface area contributed by atoms with E-state index in [1.807, 2.05) is 13.8 Å². The van der Waals surface area contributed by atoms with Crippen LogP contribution in [0.3, 0.4) is 0 Å². The molecule has 0 saturated heterocycles. The molecule has 1 aromatic rings. The lowest BCUT2D eigenvalue weighted by molar-refractivity contribution is 0.0834. The van der Waals surface area contributed by atoms with Gasteiger partial charge in [0.15, 0.2) is 0 Å². The molecule has 0 aliphatic carbocycles. The second kappa shape index (κ2) is 6.60. The Hall–Kier alpha value is -1.50. The maximum atomic E-state index is 9.29. The number of hydrogen-bond acceptors (Lipinski definition) is 6. The first-order valence-corrected chi connectivity index (χ1v) is 6.14. The lowest BCUT2D eigenvalue weighted by Gasteiger charge is -2.30. The summed E-state index contributed by atoms with van der Waals surface area (Å²) >= 11 is 0. The number of para-hydroxylation sites is 1. The van der Waals surface area contributed by atoms with Crippen molar-refractivity contribution in [1.29, 1.82) is 0 Å². The number of ether oxygens (including phenoxy) is 1. The van der Waals surface area contributed by atoms with Gasteiger partial charge in [-0.05, 0) is 26.0 Å². The van der Waals surface area contributed by atoms with Gasteiger partial charge in [-0.3, -0.25) is 0 Å². The zero-order valence-corrected chi connectivity index (χ0v) is 11.3. The van der Waals surface area contributed by atoms with Gasteiger partial charge in [0.05, 0.1) is 37.3 Å². The number of benzene rings is 1. The molecule has 108 valence electrons. The molecule has 6 heteroatoms. The van der Waals surface area contributed by atoms with Crippen LogP contribution in [0.4, 0.5) is 11.4 Å². The van der Waals surface area contributed by atoms with E-state index in [9.17, 15) is 15.3 Å². The Morgan fingerprint density at radius 2 is 1.79 bits per heavy atom. The number of aliphatic hydroxyl groups excluding tert-OH is 3. The molecule has 0 radical (unpaired) electrons. The smallest absolute Gasteiger partial charge is 0.144 e. The molecular formula is C13H22N2O4. The second-order valence-electron chi connectivity index (χ2n) is 4.76. The Bertz CT molecular complexity index is 397. The molecule has 0 heterocycles. The van der Waals surface area contributed by atoms with Crippen LogP contribution in [0.15, 0.2) is 18.2 Å². The lowest BCUT2D eigenvalue weighted by atomic mass is 10.0. The maximum Gasteiger partial charge on any atom is 0.144 e. The number of nitrogen functional groups attached to an aromatic ring is 1. The fourth-order valence-electron chi connectivity index (χ4n) is 1.56. The molecule has 0 fully saturated rings. The molecule has 0 saturated carbocycles. The summed E-state index contributed by atoms with van der Waals surface area (Å²) in [5, 5.41) is 30.7. The highest BCUT2D eigenvalue weighted by atomic mass is 16.5. The Balaban J connectivity index is 3.01. The number of rotatable bonds is 7. The molecule has 0 aliphatic heterocycles. The zero-order chi connectivity index (χ0) is 14.5. The van der Waals surface area contributed by atoms with Crippen LogP contribution in [0.1, 0.15) is 13.8 Å². The van der Waals surface area contributed by atoms with E-state index in [0.717, 1.165) is 0 Å². The van der Waals surface area contributed by atoms with Gasteiger partial charge < -0.3 is 31.1 Å². The summed E-state index contributed by atoms with van der Waals surface area (Å²) in [6.07, 6.45) is -0.0177. The van der Waals surface area contributed by atoms with Crippen molar-refractivity contribution >= 4 is 11.4 Å². The SMILES string of the molecule is CC(C)Oc1cccc(NC(CO)(CO)CO)c1N. The minimum atomic E-state index is -1.22. The van der Waals surface area contributed by atoms with E-state index in [-0.39, 0.29) is 6.10 Å². The Morgan fingerprint density at radius 1 is 1.21 bits per heavy atom. The first-order chi connectivity index (χ1) is 8.98. The summed E-state index contributed by atoms with van der Waals surface area (Å²) in [5.41, 5.74) is 5.62. The van der Waals surface area contributed by atoms with Crippen LogP contribution >= 0.6 is 0 Å². The van der Waals surface area contributed by atoms with Gasteiger partial charge in [-0.2, -0.15) is 0 Å². The average molecular weight is 270 g/mol. The van der Waals surface area contributed by atoms with Crippen molar-refractivity contribution in [3.8, 4) is 5.75 Å². The fraction of sp³-hybridized carbons (Fsp3) is 0.538. The van der Waals surface area contributed by atoms with Crippen LogP contribution in [-0.4, -0.2) is 46.8 Å². The fourth-order valence-corrected chi connectivity index (χ4v) is 1.56. The number of nitrogens with one attached hydrogen (secondary N) is 1. The van der Waals surface area contributed by atoms with E-state index in [2.05, 4.69) is 5.32 Å². The number of aliphatic hydroxyl groups is 3. The van der Waals surface area contributed by atoms with Crippen molar-refractivity contribution in [3.63, 3.8) is 0 Å². The third kappa shape index (κ3) is 3.73. The van der Waals surface area contributed by atoms with Gasteiger partial charge in [0.2, 0.25) is 0 Å². The van der Waals surface area contributed by atoms with Gasteiger partial charge in [-0.15, -0.1) is 0 Å². The highest BCUT2D eigenvalue weighted by Gasteiger charge is 2.28. The molecule has 0 atom stereocenters. The van der Waals surface area contributed by atoms with E-state index in [0.29, 0.717) is 17.1 Å². The third-order valence-electron chi connectivity index (χ3n) is 2.74. The van der Waals surface area contributed by atoms with Crippen LogP contribution < -0.4 is 15.8 Å². The second-order valence-corrected chi connectivity index (χ2v) is 4.76. The van der Waals surface area contributed by atoms with Crippen molar-refractivity contribution in [1.82, 2.24) is 0 Å². The van der Waals surface area contributed by atoms with E-state index in [4.69, 9.17) is 10.5 Å². The van der Waals surface area contributed by atoms with Gasteiger partial charge in [0.25, 0.3) is 0 Å². The molecular weight excluding hydrogens is 248 g/mol. The molecule has 0 unspecified atom stereocenters. The summed E-state index contributed by atoms with van der Waals surface area (Å²) in [4.78, 5) is 0. The summed E-state index contributed by atoms with van der Waals surface area (Å²) in [5.74, 6) is 0.516. The maximum absolute atomic E-state index is 9.29. The lowest BCUT2D eigenvalue weighted by Crippen LogP contribution is -2.49. The van der Waals surface area contributed by atoms with E-state index in [1.165, 1.54) is 0 Å². The number of hydrogen-bond donors (Lipinski definition) is 5. The third-order valence-corrected chi connectivity index (χ3v) is 2.74. The molecule has 1 aromatic carbocycles. The predicted octanol–water partition coefficient (Wildman–Crippen LogP) is 0.184. The summed E-state index contributed by atoms with van der Waals surface area (Å²) in [6, 6.07) is 5.17. The molecule has 1 rings (SSSR count). The molecule has 0 spiro atoms. The zero-order valence-electron chi connectivity index (χ0n) is 11.3. The summed E-state index contributed by atoms with van der Waals surface area (Å²) in [6.45, 7) is 2.51. The molecule has 6 N–H and O–H groups in total. The normalized spacial score (nSPS) is 11.7. The van der Waals surface area contributed by atoms with E-state index >= 15 is 0 Å².